The molecule has 34 heavy (non-hydrogen) atoms. The van der Waals surface area contributed by atoms with Crippen molar-refractivity contribution in [2.75, 3.05) is 13.7 Å². The van der Waals surface area contributed by atoms with Crippen molar-refractivity contribution in [3.8, 4) is 0 Å². The van der Waals surface area contributed by atoms with E-state index in [0.717, 1.165) is 17.5 Å². The number of rotatable bonds is 9. The lowest BCUT2D eigenvalue weighted by Gasteiger charge is -2.17. The molecule has 2 amide bonds. The highest BCUT2D eigenvalue weighted by Crippen LogP contribution is 2.20. The molecule has 0 spiro atoms. The molecule has 2 aromatic carbocycles. The quantitative estimate of drug-likeness (QED) is 0.213. The van der Waals surface area contributed by atoms with Crippen LogP contribution in [0.4, 0.5) is 0 Å². The number of amides is 2. The van der Waals surface area contributed by atoms with Crippen molar-refractivity contribution in [2.45, 2.75) is 38.4 Å². The topological polar surface area (TPSA) is 146 Å². The molecule has 180 valence electrons. The summed E-state index contributed by atoms with van der Waals surface area (Å²) >= 11 is 0. The summed E-state index contributed by atoms with van der Waals surface area (Å²) in [7, 11) is 1.35. The van der Waals surface area contributed by atoms with Crippen LogP contribution in [0.15, 0.2) is 48.5 Å². The minimum atomic E-state index is -0.679. The Hall–Kier alpha value is -3.72. The Balaban J connectivity index is 1.45. The van der Waals surface area contributed by atoms with E-state index in [0.29, 0.717) is 30.6 Å². The summed E-state index contributed by atoms with van der Waals surface area (Å²) in [6.45, 7) is 2.64. The van der Waals surface area contributed by atoms with Gasteiger partial charge in [0.05, 0.1) is 18.7 Å². The maximum Gasteiger partial charge on any atom is 0.337 e. The molecular weight excluding hydrogens is 434 g/mol. The predicted octanol–water partition coefficient (Wildman–Crippen LogP) is 1.10. The largest absolute Gasteiger partial charge is 0.465 e. The molecule has 2 aromatic rings. The molecule has 1 fully saturated rings. The van der Waals surface area contributed by atoms with Crippen molar-refractivity contribution >= 4 is 23.6 Å². The standard InChI is InChI=1S/C25H31N5O4/c1-15(23(31)29-13-16-6-8-19(9-7-16)22(26)27)30-24(32)21-12-18(14-28-21)10-17-4-3-5-20(11-17)25(33)34-2/h3-9,11,15,18,21,28H,10,12-14H2,1-2H3,(H3,26,27)(H,29,31)(H,30,32)/t15?,18-,21+/m0/s1. The second kappa shape index (κ2) is 11.4. The summed E-state index contributed by atoms with van der Waals surface area (Å²) in [5, 5.41) is 16.2. The molecule has 1 unspecified atom stereocenters. The molecule has 0 bridgehead atoms. The van der Waals surface area contributed by atoms with Gasteiger partial charge in [0.1, 0.15) is 11.9 Å². The number of ether oxygens (including phenoxy) is 1. The maximum atomic E-state index is 12.7. The molecule has 3 atom stereocenters. The van der Waals surface area contributed by atoms with Gasteiger partial charge < -0.3 is 26.4 Å². The van der Waals surface area contributed by atoms with Crippen LogP contribution in [0.5, 0.6) is 0 Å². The van der Waals surface area contributed by atoms with Crippen LogP contribution in [-0.4, -0.2) is 49.4 Å². The number of nitrogens with one attached hydrogen (secondary N) is 4. The zero-order chi connectivity index (χ0) is 24.7. The van der Waals surface area contributed by atoms with Crippen LogP contribution >= 0.6 is 0 Å². The van der Waals surface area contributed by atoms with E-state index in [9.17, 15) is 14.4 Å². The van der Waals surface area contributed by atoms with Gasteiger partial charge in [-0.1, -0.05) is 36.4 Å². The van der Waals surface area contributed by atoms with E-state index in [2.05, 4.69) is 16.0 Å². The third-order valence-corrected chi connectivity index (χ3v) is 5.89. The SMILES string of the molecule is COC(=O)c1cccc(C[C@@H]2CN[C@@H](C(=O)NC(C)C(=O)NCc3ccc(C(=N)N)cc3)C2)c1. The van der Waals surface area contributed by atoms with Crippen LogP contribution in [0, 0.1) is 11.3 Å². The van der Waals surface area contributed by atoms with Crippen molar-refractivity contribution in [3.63, 3.8) is 0 Å². The van der Waals surface area contributed by atoms with Gasteiger partial charge in [-0.25, -0.2) is 4.79 Å². The van der Waals surface area contributed by atoms with Crippen LogP contribution in [-0.2, 0) is 27.3 Å². The van der Waals surface area contributed by atoms with Crippen molar-refractivity contribution < 1.29 is 19.1 Å². The number of amidine groups is 1. The molecule has 0 saturated carbocycles. The van der Waals surface area contributed by atoms with Gasteiger partial charge in [0.15, 0.2) is 0 Å². The zero-order valence-corrected chi connectivity index (χ0v) is 19.4. The molecular formula is C25H31N5O4. The van der Waals surface area contributed by atoms with Crippen molar-refractivity contribution in [1.82, 2.24) is 16.0 Å². The molecule has 9 nitrogen and oxygen atoms in total. The summed E-state index contributed by atoms with van der Waals surface area (Å²) in [5.41, 5.74) is 8.46. The summed E-state index contributed by atoms with van der Waals surface area (Å²) in [5.74, 6) is -0.628. The number of nitrogen functional groups attached to an aromatic ring is 1. The lowest BCUT2D eigenvalue weighted by Crippen LogP contribution is -2.49. The van der Waals surface area contributed by atoms with E-state index in [1.165, 1.54) is 7.11 Å². The molecule has 6 N–H and O–H groups in total. The summed E-state index contributed by atoms with van der Waals surface area (Å²) in [4.78, 5) is 36.8. The molecule has 1 aliphatic rings. The Morgan fingerprint density at radius 2 is 1.88 bits per heavy atom. The molecule has 1 saturated heterocycles. The average molecular weight is 466 g/mol. The number of carbonyl (C=O) groups is 3. The van der Waals surface area contributed by atoms with E-state index >= 15 is 0 Å². The highest BCUT2D eigenvalue weighted by Gasteiger charge is 2.31. The van der Waals surface area contributed by atoms with Crippen LogP contribution in [0.2, 0.25) is 0 Å². The highest BCUT2D eigenvalue weighted by atomic mass is 16.5. The number of benzene rings is 2. The highest BCUT2D eigenvalue weighted by molar-refractivity contribution is 5.95. The minimum absolute atomic E-state index is 0.00982. The summed E-state index contributed by atoms with van der Waals surface area (Å²) in [6.07, 6.45) is 1.38. The van der Waals surface area contributed by atoms with E-state index in [1.807, 2.05) is 18.2 Å². The minimum Gasteiger partial charge on any atom is -0.465 e. The molecule has 9 heteroatoms. The number of esters is 1. The van der Waals surface area contributed by atoms with E-state index in [4.69, 9.17) is 15.9 Å². The second-order valence-corrected chi connectivity index (χ2v) is 8.52. The Morgan fingerprint density at radius 3 is 2.56 bits per heavy atom. The van der Waals surface area contributed by atoms with Crippen LogP contribution in [0.1, 0.15) is 40.4 Å². The fourth-order valence-electron chi connectivity index (χ4n) is 3.96. The Kier molecular flexibility index (Phi) is 8.37. The normalized spacial score (nSPS) is 18.1. The molecule has 0 radical (unpaired) electrons. The Morgan fingerprint density at radius 1 is 1.15 bits per heavy atom. The molecule has 1 heterocycles. The van der Waals surface area contributed by atoms with Crippen LogP contribution < -0.4 is 21.7 Å². The van der Waals surface area contributed by atoms with Crippen LogP contribution in [0.25, 0.3) is 0 Å². The monoisotopic (exact) mass is 465 g/mol. The summed E-state index contributed by atoms with van der Waals surface area (Å²) in [6, 6.07) is 13.3. The van der Waals surface area contributed by atoms with Gasteiger partial charge >= 0.3 is 5.97 Å². The lowest BCUT2D eigenvalue weighted by molar-refractivity contribution is -0.129. The van der Waals surface area contributed by atoms with Crippen molar-refractivity contribution in [1.29, 1.82) is 5.41 Å². The lowest BCUT2D eigenvalue weighted by atomic mass is 9.95. The summed E-state index contributed by atoms with van der Waals surface area (Å²) < 4.78 is 4.77. The average Bonchev–Trinajstić information content (AvgIpc) is 3.31. The van der Waals surface area contributed by atoms with Crippen molar-refractivity contribution in [3.05, 3.63) is 70.8 Å². The smallest absolute Gasteiger partial charge is 0.337 e. The fraction of sp³-hybridized carbons (Fsp3) is 0.360. The zero-order valence-electron chi connectivity index (χ0n) is 19.4. The molecule has 0 aliphatic carbocycles. The Labute approximate surface area is 198 Å². The first kappa shape index (κ1) is 24.9. The third-order valence-electron chi connectivity index (χ3n) is 5.89. The number of methoxy groups -OCH3 is 1. The second-order valence-electron chi connectivity index (χ2n) is 8.52. The number of hydrogen-bond acceptors (Lipinski definition) is 6. The molecule has 3 rings (SSSR count). The van der Waals surface area contributed by atoms with E-state index < -0.39 is 6.04 Å². The van der Waals surface area contributed by atoms with Crippen LogP contribution in [0.3, 0.4) is 0 Å². The van der Waals surface area contributed by atoms with Gasteiger partial charge in [-0.15, -0.1) is 0 Å². The van der Waals surface area contributed by atoms with Gasteiger partial charge in [-0.2, -0.15) is 0 Å². The van der Waals surface area contributed by atoms with Gasteiger partial charge in [0, 0.05) is 12.1 Å². The third kappa shape index (κ3) is 6.64. The van der Waals surface area contributed by atoms with Gasteiger partial charge in [-0.05, 0) is 55.5 Å². The van der Waals surface area contributed by atoms with Gasteiger partial charge in [0.25, 0.3) is 0 Å². The molecule has 0 aromatic heterocycles. The number of carbonyl (C=O) groups excluding carboxylic acids is 3. The first-order valence-corrected chi connectivity index (χ1v) is 11.2. The van der Waals surface area contributed by atoms with Crippen molar-refractivity contribution in [2.24, 2.45) is 11.7 Å². The Bertz CT molecular complexity index is 1050. The first-order chi connectivity index (χ1) is 16.3. The number of nitrogens with two attached hydrogens (primary N) is 1. The van der Waals surface area contributed by atoms with E-state index in [-0.39, 0.29) is 35.6 Å². The molecule has 1 aliphatic heterocycles. The van der Waals surface area contributed by atoms with Gasteiger partial charge in [-0.3, -0.25) is 15.0 Å². The maximum absolute atomic E-state index is 12.7. The number of hydrogen-bond donors (Lipinski definition) is 5. The predicted molar refractivity (Wildman–Crippen MR) is 128 cm³/mol. The van der Waals surface area contributed by atoms with Gasteiger partial charge in [0.2, 0.25) is 11.8 Å². The fourth-order valence-corrected chi connectivity index (χ4v) is 3.96. The van der Waals surface area contributed by atoms with E-state index in [1.54, 1.807) is 37.3 Å². The first-order valence-electron chi connectivity index (χ1n) is 11.2.